The number of phenols is 1. The number of unbranched alkanes of at least 4 members (excludes halogenated alkanes) is 1. The van der Waals surface area contributed by atoms with Crippen molar-refractivity contribution >= 4 is 28.4 Å². The van der Waals surface area contributed by atoms with Crippen molar-refractivity contribution in [2.75, 3.05) is 0 Å². The molecule has 0 amide bonds. The van der Waals surface area contributed by atoms with E-state index in [0.717, 1.165) is 18.4 Å². The lowest BCUT2D eigenvalue weighted by molar-refractivity contribution is -0.118. The molecule has 124 valence electrons. The fraction of sp³-hybridized carbons (Fsp3) is 0.278. The molecule has 0 aliphatic rings. The van der Waals surface area contributed by atoms with E-state index in [1.807, 2.05) is 6.07 Å². The molecule has 1 aromatic heterocycles. The lowest BCUT2D eigenvalue weighted by atomic mass is 10.0. The highest BCUT2D eigenvalue weighted by atomic mass is 35.5. The molecule has 3 rings (SSSR count). The van der Waals surface area contributed by atoms with Gasteiger partial charge in [-0.25, -0.2) is 0 Å². The Hall–Kier alpha value is -2.40. The number of nitrogens with zero attached hydrogens (tertiary/aromatic N) is 3. The Labute approximate surface area is 144 Å². The van der Waals surface area contributed by atoms with E-state index in [1.165, 1.54) is 4.80 Å². The fourth-order valence-electron chi connectivity index (χ4n) is 2.53. The third-order valence-electron chi connectivity index (χ3n) is 3.81. The summed E-state index contributed by atoms with van der Waals surface area (Å²) in [7, 11) is 0. The second kappa shape index (κ2) is 7.01. The number of Topliss-reactive ketones (excluding diaryl/α,β-unsaturated/α-hetero) is 1. The van der Waals surface area contributed by atoms with Crippen molar-refractivity contribution in [2.24, 2.45) is 0 Å². The molecule has 6 heteroatoms. The number of hydrogen-bond acceptors (Lipinski definition) is 4. The minimum Gasteiger partial charge on any atom is -0.506 e. The van der Waals surface area contributed by atoms with Gasteiger partial charge in [-0.1, -0.05) is 31.0 Å². The molecule has 0 atom stereocenters. The van der Waals surface area contributed by atoms with E-state index < -0.39 is 0 Å². The van der Waals surface area contributed by atoms with Gasteiger partial charge < -0.3 is 5.11 Å². The number of hydrogen-bond donors (Lipinski definition) is 1. The summed E-state index contributed by atoms with van der Waals surface area (Å²) in [5.74, 6) is 0.226. The van der Waals surface area contributed by atoms with Gasteiger partial charge in [-0.05, 0) is 42.3 Å². The van der Waals surface area contributed by atoms with Crippen LogP contribution in [0.25, 0.3) is 16.7 Å². The highest BCUT2D eigenvalue weighted by Crippen LogP contribution is 2.24. The molecule has 0 saturated heterocycles. The average molecular weight is 344 g/mol. The van der Waals surface area contributed by atoms with Crippen molar-refractivity contribution in [1.29, 1.82) is 0 Å². The van der Waals surface area contributed by atoms with Crippen LogP contribution < -0.4 is 0 Å². The summed E-state index contributed by atoms with van der Waals surface area (Å²) in [6.45, 7) is 2.06. The molecule has 5 nitrogen and oxygen atoms in total. The summed E-state index contributed by atoms with van der Waals surface area (Å²) in [6.07, 6.45) is 2.80. The van der Waals surface area contributed by atoms with Gasteiger partial charge >= 0.3 is 0 Å². The number of aromatic hydroxyl groups is 1. The van der Waals surface area contributed by atoms with Gasteiger partial charge in [0.15, 0.2) is 0 Å². The zero-order valence-electron chi connectivity index (χ0n) is 13.4. The molecule has 0 aliphatic heterocycles. The highest BCUT2D eigenvalue weighted by molar-refractivity contribution is 6.31. The lowest BCUT2D eigenvalue weighted by Gasteiger charge is -2.06. The van der Waals surface area contributed by atoms with Crippen LogP contribution in [0.4, 0.5) is 0 Å². The first-order chi connectivity index (χ1) is 11.6. The van der Waals surface area contributed by atoms with Crippen LogP contribution in [0, 0.1) is 0 Å². The number of carbonyl (C=O) groups is 1. The maximum atomic E-state index is 11.9. The molecule has 0 radical (unpaired) electrons. The molecule has 3 aromatic rings. The summed E-state index contributed by atoms with van der Waals surface area (Å²) in [5.41, 5.74) is 2.60. The summed E-state index contributed by atoms with van der Waals surface area (Å²) in [6, 6.07) is 10.4. The van der Waals surface area contributed by atoms with E-state index in [-0.39, 0.29) is 11.5 Å². The van der Waals surface area contributed by atoms with E-state index in [9.17, 15) is 9.90 Å². The largest absolute Gasteiger partial charge is 0.506 e. The van der Waals surface area contributed by atoms with Crippen LogP contribution in [-0.4, -0.2) is 25.9 Å². The number of halogens is 1. The Kier molecular flexibility index (Phi) is 4.81. The molecule has 0 saturated carbocycles. The Morgan fingerprint density at radius 2 is 1.96 bits per heavy atom. The molecule has 24 heavy (non-hydrogen) atoms. The van der Waals surface area contributed by atoms with Crippen LogP contribution in [-0.2, 0) is 11.2 Å². The molecule has 1 heterocycles. The van der Waals surface area contributed by atoms with Crippen molar-refractivity contribution in [3.8, 4) is 11.4 Å². The number of phenolic OH excluding ortho intramolecular Hbond substituents is 1. The third kappa shape index (κ3) is 3.57. The first-order valence-corrected chi connectivity index (χ1v) is 8.31. The summed E-state index contributed by atoms with van der Waals surface area (Å²) < 4.78 is 0. The quantitative estimate of drug-likeness (QED) is 0.732. The normalized spacial score (nSPS) is 11.1. The Morgan fingerprint density at radius 1 is 1.17 bits per heavy atom. The van der Waals surface area contributed by atoms with Gasteiger partial charge in [-0.2, -0.15) is 0 Å². The van der Waals surface area contributed by atoms with Gasteiger partial charge in [0.25, 0.3) is 0 Å². The van der Waals surface area contributed by atoms with Gasteiger partial charge in [0.05, 0.1) is 0 Å². The number of ketones is 1. The summed E-state index contributed by atoms with van der Waals surface area (Å²) >= 11 is 5.95. The molecule has 0 bridgehead atoms. The van der Waals surface area contributed by atoms with Gasteiger partial charge in [0.2, 0.25) is 0 Å². The van der Waals surface area contributed by atoms with Crippen LogP contribution in [0.3, 0.4) is 0 Å². The minimum atomic E-state index is 0.0437. The van der Waals surface area contributed by atoms with E-state index in [2.05, 4.69) is 17.1 Å². The van der Waals surface area contributed by atoms with Crippen LogP contribution >= 0.6 is 11.6 Å². The third-order valence-corrected chi connectivity index (χ3v) is 4.04. The highest BCUT2D eigenvalue weighted by Gasteiger charge is 2.11. The molecule has 0 spiro atoms. The smallest absolute Gasteiger partial charge is 0.143 e. The number of carbonyl (C=O) groups excluding carboxylic acids is 1. The van der Waals surface area contributed by atoms with E-state index in [0.29, 0.717) is 34.6 Å². The van der Waals surface area contributed by atoms with Gasteiger partial charge in [0, 0.05) is 17.9 Å². The minimum absolute atomic E-state index is 0.0437. The molecule has 1 N–H and O–H groups in total. The van der Waals surface area contributed by atoms with Crippen molar-refractivity contribution in [1.82, 2.24) is 15.0 Å². The second-order valence-electron chi connectivity index (χ2n) is 5.76. The van der Waals surface area contributed by atoms with Crippen LogP contribution in [0.2, 0.25) is 5.02 Å². The number of fused-ring (bicyclic) bond motifs is 1. The van der Waals surface area contributed by atoms with Gasteiger partial charge in [-0.15, -0.1) is 15.0 Å². The van der Waals surface area contributed by atoms with Gasteiger partial charge in [-0.3, -0.25) is 4.79 Å². The number of aromatic nitrogens is 3. The van der Waals surface area contributed by atoms with E-state index in [1.54, 1.807) is 30.3 Å². The van der Waals surface area contributed by atoms with Gasteiger partial charge in [0.1, 0.15) is 28.3 Å². The van der Waals surface area contributed by atoms with E-state index >= 15 is 0 Å². The molecule has 0 fully saturated rings. The average Bonchev–Trinajstić information content (AvgIpc) is 2.95. The molecular formula is C18H18ClN3O2. The summed E-state index contributed by atoms with van der Waals surface area (Å²) in [5, 5.41) is 19.5. The Morgan fingerprint density at radius 3 is 2.71 bits per heavy atom. The van der Waals surface area contributed by atoms with Crippen LogP contribution in [0.5, 0.6) is 5.75 Å². The predicted octanol–water partition coefficient (Wildman–Crippen LogP) is 4.08. The number of rotatable bonds is 6. The van der Waals surface area contributed by atoms with Crippen molar-refractivity contribution < 1.29 is 9.90 Å². The topological polar surface area (TPSA) is 68.0 Å². The standard InChI is InChI=1S/C18H18ClN3O2/c1-2-3-4-14(23)9-12-5-8-17(18(24)10-12)22-20-15-7-6-13(19)11-16(15)21-22/h5-8,10-11,24H,2-4,9H2,1H3. The summed E-state index contributed by atoms with van der Waals surface area (Å²) in [4.78, 5) is 13.2. The molecule has 0 unspecified atom stereocenters. The van der Waals surface area contributed by atoms with Crippen LogP contribution in [0.15, 0.2) is 36.4 Å². The zero-order chi connectivity index (χ0) is 17.1. The van der Waals surface area contributed by atoms with Crippen LogP contribution in [0.1, 0.15) is 31.7 Å². The Bertz CT molecular complexity index is 889. The SMILES string of the molecule is CCCCC(=O)Cc1ccc(-n2nc3ccc(Cl)cc3n2)c(O)c1. The van der Waals surface area contributed by atoms with Crippen molar-refractivity contribution in [2.45, 2.75) is 32.6 Å². The first kappa shape index (κ1) is 16.5. The van der Waals surface area contributed by atoms with Crippen molar-refractivity contribution in [3.63, 3.8) is 0 Å². The lowest BCUT2D eigenvalue weighted by Crippen LogP contribution is -2.04. The first-order valence-electron chi connectivity index (χ1n) is 7.93. The van der Waals surface area contributed by atoms with E-state index in [4.69, 9.17) is 11.6 Å². The molecule has 2 aromatic carbocycles. The monoisotopic (exact) mass is 343 g/mol. The number of benzene rings is 2. The second-order valence-corrected chi connectivity index (χ2v) is 6.20. The fourth-order valence-corrected chi connectivity index (χ4v) is 2.70. The zero-order valence-corrected chi connectivity index (χ0v) is 14.1. The Balaban J connectivity index is 1.84. The predicted molar refractivity (Wildman–Crippen MR) is 93.8 cm³/mol. The molecule has 0 aliphatic carbocycles. The van der Waals surface area contributed by atoms with Crippen molar-refractivity contribution in [3.05, 3.63) is 47.0 Å². The maximum Gasteiger partial charge on any atom is 0.143 e. The molecular weight excluding hydrogens is 326 g/mol. The maximum absolute atomic E-state index is 11.9.